The SMILES string of the molecule is C=C(CCCC)C(=O)Oc1ccc(Cl)cc1C. The first-order chi connectivity index (χ1) is 8.04. The van der Waals surface area contributed by atoms with E-state index in [4.69, 9.17) is 16.3 Å². The second-order valence-electron chi connectivity index (χ2n) is 4.01. The Morgan fingerprint density at radius 1 is 1.47 bits per heavy atom. The maximum atomic E-state index is 11.7. The number of ether oxygens (including phenoxy) is 1. The van der Waals surface area contributed by atoms with E-state index in [1.165, 1.54) is 0 Å². The molecule has 0 atom stereocenters. The van der Waals surface area contributed by atoms with Crippen molar-refractivity contribution in [2.45, 2.75) is 33.1 Å². The Hall–Kier alpha value is -1.28. The van der Waals surface area contributed by atoms with Crippen LogP contribution in [-0.2, 0) is 4.79 Å². The lowest BCUT2D eigenvalue weighted by molar-refractivity contribution is -0.130. The van der Waals surface area contributed by atoms with Gasteiger partial charge in [0.2, 0.25) is 0 Å². The van der Waals surface area contributed by atoms with Crippen LogP contribution < -0.4 is 4.74 Å². The number of carbonyl (C=O) groups is 1. The molecule has 3 heteroatoms. The van der Waals surface area contributed by atoms with E-state index in [1.807, 2.05) is 6.92 Å². The van der Waals surface area contributed by atoms with Crippen LogP contribution in [0.4, 0.5) is 0 Å². The molecule has 92 valence electrons. The number of hydrogen-bond donors (Lipinski definition) is 0. The first kappa shape index (κ1) is 13.8. The molecule has 1 aromatic carbocycles. The third-order valence-electron chi connectivity index (χ3n) is 2.46. The molecule has 0 amide bonds. The molecule has 0 N–H and O–H groups in total. The fourth-order valence-electron chi connectivity index (χ4n) is 1.39. The molecule has 2 nitrogen and oxygen atoms in total. The van der Waals surface area contributed by atoms with E-state index in [0.29, 0.717) is 22.8 Å². The summed E-state index contributed by atoms with van der Waals surface area (Å²) in [5.74, 6) is 0.181. The first-order valence-electron chi connectivity index (χ1n) is 5.70. The highest BCUT2D eigenvalue weighted by Gasteiger charge is 2.11. The van der Waals surface area contributed by atoms with Crippen LogP contribution in [0.1, 0.15) is 31.7 Å². The number of aryl methyl sites for hydroxylation is 1. The molecule has 0 saturated heterocycles. The Bertz CT molecular complexity index is 424. The van der Waals surface area contributed by atoms with Crippen LogP contribution >= 0.6 is 11.6 Å². The lowest BCUT2D eigenvalue weighted by atomic mass is 10.1. The molecule has 0 fully saturated rings. The zero-order valence-corrected chi connectivity index (χ0v) is 11.0. The molecule has 0 aliphatic rings. The molecule has 0 spiro atoms. The smallest absolute Gasteiger partial charge is 0.338 e. The zero-order valence-electron chi connectivity index (χ0n) is 10.3. The summed E-state index contributed by atoms with van der Waals surface area (Å²) in [6, 6.07) is 5.16. The normalized spacial score (nSPS) is 10.1. The van der Waals surface area contributed by atoms with Crippen LogP contribution in [0.3, 0.4) is 0 Å². The average Bonchev–Trinajstić information content (AvgIpc) is 2.29. The van der Waals surface area contributed by atoms with Gasteiger partial charge in [0.15, 0.2) is 0 Å². The van der Waals surface area contributed by atoms with Crippen molar-refractivity contribution in [3.63, 3.8) is 0 Å². The third kappa shape index (κ3) is 4.23. The lowest BCUT2D eigenvalue weighted by Crippen LogP contribution is -2.11. The van der Waals surface area contributed by atoms with Gasteiger partial charge in [-0.05, 0) is 43.5 Å². The fourth-order valence-corrected chi connectivity index (χ4v) is 1.62. The van der Waals surface area contributed by atoms with E-state index < -0.39 is 0 Å². The number of benzene rings is 1. The van der Waals surface area contributed by atoms with Gasteiger partial charge >= 0.3 is 5.97 Å². The van der Waals surface area contributed by atoms with Gasteiger partial charge in [0, 0.05) is 10.6 Å². The van der Waals surface area contributed by atoms with E-state index >= 15 is 0 Å². The van der Waals surface area contributed by atoms with E-state index in [0.717, 1.165) is 18.4 Å². The molecule has 17 heavy (non-hydrogen) atoms. The molecule has 1 rings (SSSR count). The summed E-state index contributed by atoms with van der Waals surface area (Å²) in [7, 11) is 0. The van der Waals surface area contributed by atoms with Crippen LogP contribution in [0.25, 0.3) is 0 Å². The fraction of sp³-hybridized carbons (Fsp3) is 0.357. The van der Waals surface area contributed by atoms with Crippen LogP contribution in [0.5, 0.6) is 5.75 Å². The van der Waals surface area contributed by atoms with Gasteiger partial charge in [0.1, 0.15) is 5.75 Å². The van der Waals surface area contributed by atoms with Gasteiger partial charge in [-0.3, -0.25) is 0 Å². The number of unbranched alkanes of at least 4 members (excludes halogenated alkanes) is 1. The number of halogens is 1. The van der Waals surface area contributed by atoms with Crippen LogP contribution in [-0.4, -0.2) is 5.97 Å². The van der Waals surface area contributed by atoms with Crippen LogP contribution in [0.2, 0.25) is 5.02 Å². The molecule has 0 radical (unpaired) electrons. The number of esters is 1. The highest BCUT2D eigenvalue weighted by Crippen LogP contribution is 2.22. The van der Waals surface area contributed by atoms with Gasteiger partial charge in [-0.1, -0.05) is 31.5 Å². The largest absolute Gasteiger partial charge is 0.423 e. The minimum atomic E-state index is -0.358. The summed E-state index contributed by atoms with van der Waals surface area (Å²) in [6.07, 6.45) is 2.67. The summed E-state index contributed by atoms with van der Waals surface area (Å²) in [5.41, 5.74) is 1.36. The van der Waals surface area contributed by atoms with Gasteiger partial charge < -0.3 is 4.74 Å². The van der Waals surface area contributed by atoms with Gasteiger partial charge in [0.05, 0.1) is 0 Å². The number of rotatable bonds is 5. The maximum absolute atomic E-state index is 11.7. The zero-order chi connectivity index (χ0) is 12.8. The molecule has 0 bridgehead atoms. The quantitative estimate of drug-likeness (QED) is 0.444. The summed E-state index contributed by atoms with van der Waals surface area (Å²) in [5, 5.41) is 0.632. The minimum absolute atomic E-state index is 0.358. The van der Waals surface area contributed by atoms with Crippen molar-refractivity contribution < 1.29 is 9.53 Å². The van der Waals surface area contributed by atoms with Crippen molar-refractivity contribution in [3.8, 4) is 5.75 Å². The van der Waals surface area contributed by atoms with Gasteiger partial charge in [-0.15, -0.1) is 0 Å². The molecule has 0 aliphatic carbocycles. The molecule has 0 saturated carbocycles. The monoisotopic (exact) mass is 252 g/mol. The maximum Gasteiger partial charge on any atom is 0.338 e. The van der Waals surface area contributed by atoms with E-state index in [-0.39, 0.29) is 5.97 Å². The van der Waals surface area contributed by atoms with Crippen LogP contribution in [0, 0.1) is 6.92 Å². The molecular formula is C14H17ClO2. The highest BCUT2D eigenvalue weighted by atomic mass is 35.5. The van der Waals surface area contributed by atoms with E-state index in [9.17, 15) is 4.79 Å². The summed E-state index contributed by atoms with van der Waals surface area (Å²) < 4.78 is 5.26. The number of hydrogen-bond acceptors (Lipinski definition) is 2. The van der Waals surface area contributed by atoms with Gasteiger partial charge in [-0.25, -0.2) is 4.79 Å². The predicted octanol–water partition coefficient (Wildman–Crippen LogP) is 4.30. The summed E-state index contributed by atoms with van der Waals surface area (Å²) in [4.78, 5) is 11.7. The van der Waals surface area contributed by atoms with Crippen molar-refractivity contribution in [1.29, 1.82) is 0 Å². The molecule has 0 unspecified atom stereocenters. The second-order valence-corrected chi connectivity index (χ2v) is 4.44. The lowest BCUT2D eigenvalue weighted by Gasteiger charge is -2.08. The standard InChI is InChI=1S/C14H17ClO2/c1-4-5-6-10(2)14(16)17-13-8-7-12(15)9-11(13)3/h7-9H,2,4-6H2,1,3H3. The van der Waals surface area contributed by atoms with Crippen molar-refractivity contribution in [3.05, 3.63) is 40.9 Å². The van der Waals surface area contributed by atoms with Gasteiger partial charge in [-0.2, -0.15) is 0 Å². The summed E-state index contributed by atoms with van der Waals surface area (Å²) in [6.45, 7) is 7.66. The Morgan fingerprint density at radius 2 is 2.18 bits per heavy atom. The van der Waals surface area contributed by atoms with Crippen molar-refractivity contribution in [2.75, 3.05) is 0 Å². The Morgan fingerprint density at radius 3 is 2.76 bits per heavy atom. The molecule has 0 aromatic heterocycles. The highest BCUT2D eigenvalue weighted by molar-refractivity contribution is 6.30. The molecule has 0 heterocycles. The van der Waals surface area contributed by atoms with Crippen molar-refractivity contribution >= 4 is 17.6 Å². The Balaban J connectivity index is 2.64. The van der Waals surface area contributed by atoms with Crippen molar-refractivity contribution in [1.82, 2.24) is 0 Å². The topological polar surface area (TPSA) is 26.3 Å². The predicted molar refractivity (Wildman–Crippen MR) is 70.5 cm³/mol. The molecule has 0 aliphatic heterocycles. The first-order valence-corrected chi connectivity index (χ1v) is 6.08. The van der Waals surface area contributed by atoms with E-state index in [2.05, 4.69) is 13.5 Å². The molecular weight excluding hydrogens is 236 g/mol. The van der Waals surface area contributed by atoms with E-state index in [1.54, 1.807) is 18.2 Å². The minimum Gasteiger partial charge on any atom is -0.423 e. The van der Waals surface area contributed by atoms with Gasteiger partial charge in [0.25, 0.3) is 0 Å². The average molecular weight is 253 g/mol. The second kappa shape index (κ2) is 6.45. The van der Waals surface area contributed by atoms with Crippen LogP contribution in [0.15, 0.2) is 30.4 Å². The third-order valence-corrected chi connectivity index (χ3v) is 2.70. The number of carbonyl (C=O) groups excluding carboxylic acids is 1. The molecule has 1 aromatic rings. The Labute approximate surface area is 107 Å². The summed E-state index contributed by atoms with van der Waals surface area (Å²) >= 11 is 5.83. The van der Waals surface area contributed by atoms with Crippen molar-refractivity contribution in [2.24, 2.45) is 0 Å². The Kier molecular flexibility index (Phi) is 5.23.